The van der Waals surface area contributed by atoms with Gasteiger partial charge in [0.05, 0.1) is 12.1 Å². The number of halogens is 3. The molecule has 3 heterocycles. The Morgan fingerprint density at radius 1 is 1.09 bits per heavy atom. The van der Waals surface area contributed by atoms with Crippen molar-refractivity contribution >= 4 is 29.1 Å². The quantitative estimate of drug-likeness (QED) is 0.604. The van der Waals surface area contributed by atoms with E-state index in [0.29, 0.717) is 36.6 Å². The molecular formula is C21H18F3N5O2S. The van der Waals surface area contributed by atoms with E-state index in [9.17, 15) is 22.8 Å². The van der Waals surface area contributed by atoms with Crippen LogP contribution >= 0.6 is 11.3 Å². The summed E-state index contributed by atoms with van der Waals surface area (Å²) in [5.41, 5.74) is 0.224. The van der Waals surface area contributed by atoms with Gasteiger partial charge in [0.1, 0.15) is 10.8 Å². The van der Waals surface area contributed by atoms with E-state index < -0.39 is 11.7 Å². The number of amides is 3. The van der Waals surface area contributed by atoms with Crippen molar-refractivity contribution in [2.45, 2.75) is 19.3 Å². The molecule has 166 valence electrons. The zero-order valence-corrected chi connectivity index (χ0v) is 17.5. The van der Waals surface area contributed by atoms with Crippen LogP contribution in [0.4, 0.5) is 23.8 Å². The van der Waals surface area contributed by atoms with E-state index in [0.717, 1.165) is 17.1 Å². The molecule has 1 aliphatic heterocycles. The molecule has 0 atom stereocenters. The van der Waals surface area contributed by atoms with Gasteiger partial charge in [0.2, 0.25) is 0 Å². The first-order chi connectivity index (χ1) is 15.3. The van der Waals surface area contributed by atoms with Crippen LogP contribution in [-0.4, -0.2) is 39.9 Å². The van der Waals surface area contributed by atoms with E-state index >= 15 is 0 Å². The number of thiazole rings is 1. The topological polar surface area (TPSA) is 78.4 Å². The van der Waals surface area contributed by atoms with E-state index in [-0.39, 0.29) is 18.5 Å². The Balaban J connectivity index is 1.40. The minimum Gasteiger partial charge on any atom is -0.346 e. The molecule has 0 radical (unpaired) electrons. The van der Waals surface area contributed by atoms with Gasteiger partial charge in [0.25, 0.3) is 5.91 Å². The fourth-order valence-corrected chi connectivity index (χ4v) is 3.82. The third-order valence-electron chi connectivity index (χ3n) is 4.92. The standard InChI is InChI=1S/C21H18F3N5O2S/c22-21(23,24)16-3-1-14(2-4-16)13-28-8-9-29(20(28)31)17-11-15(5-6-25-17)19(30)27-12-18-26-7-10-32-18/h1-7,10-11H,8-9,12-13H2,(H,27,30). The lowest BCUT2D eigenvalue weighted by atomic mass is 10.1. The fourth-order valence-electron chi connectivity index (χ4n) is 3.27. The Morgan fingerprint density at radius 3 is 2.56 bits per heavy atom. The predicted molar refractivity (Wildman–Crippen MR) is 112 cm³/mol. The number of urea groups is 1. The number of carbonyl (C=O) groups excluding carboxylic acids is 2. The molecular weight excluding hydrogens is 443 g/mol. The van der Waals surface area contributed by atoms with E-state index in [1.165, 1.54) is 45.5 Å². The Labute approximate surface area is 185 Å². The number of anilines is 1. The number of alkyl halides is 3. The van der Waals surface area contributed by atoms with Gasteiger partial charge in [-0.3, -0.25) is 9.69 Å². The summed E-state index contributed by atoms with van der Waals surface area (Å²) >= 11 is 1.43. The second-order valence-corrected chi connectivity index (χ2v) is 8.04. The van der Waals surface area contributed by atoms with Crippen molar-refractivity contribution in [2.75, 3.05) is 18.0 Å². The predicted octanol–water partition coefficient (Wildman–Crippen LogP) is 3.93. The zero-order chi connectivity index (χ0) is 22.7. The molecule has 2 aromatic heterocycles. The zero-order valence-electron chi connectivity index (χ0n) is 16.7. The molecule has 3 aromatic rings. The number of carbonyl (C=O) groups is 2. The largest absolute Gasteiger partial charge is 0.416 e. The Bertz CT molecular complexity index is 1100. The smallest absolute Gasteiger partial charge is 0.346 e. The van der Waals surface area contributed by atoms with Gasteiger partial charge in [0, 0.05) is 43.0 Å². The SMILES string of the molecule is O=C(NCc1nccs1)c1ccnc(N2CCN(Cc3ccc(C(F)(F)F)cc3)C2=O)c1. The van der Waals surface area contributed by atoms with Gasteiger partial charge in [-0.25, -0.2) is 14.8 Å². The maximum absolute atomic E-state index is 12.8. The van der Waals surface area contributed by atoms with E-state index in [1.807, 2.05) is 5.38 Å². The number of pyridine rings is 1. The van der Waals surface area contributed by atoms with Gasteiger partial charge >= 0.3 is 12.2 Å². The Kier molecular flexibility index (Phi) is 6.08. The van der Waals surface area contributed by atoms with E-state index in [1.54, 1.807) is 12.3 Å². The molecule has 7 nitrogen and oxygen atoms in total. The van der Waals surface area contributed by atoms with Crippen molar-refractivity contribution in [3.05, 3.63) is 75.9 Å². The molecule has 0 bridgehead atoms. The summed E-state index contributed by atoms with van der Waals surface area (Å²) in [4.78, 5) is 36.5. The molecule has 1 fully saturated rings. The van der Waals surface area contributed by atoms with Crippen LogP contribution < -0.4 is 10.2 Å². The van der Waals surface area contributed by atoms with Gasteiger partial charge in [-0.1, -0.05) is 12.1 Å². The minimum atomic E-state index is -4.40. The molecule has 0 saturated carbocycles. The maximum Gasteiger partial charge on any atom is 0.416 e. The monoisotopic (exact) mass is 461 g/mol. The van der Waals surface area contributed by atoms with Crippen LogP contribution in [0.1, 0.15) is 26.5 Å². The molecule has 0 unspecified atom stereocenters. The summed E-state index contributed by atoms with van der Waals surface area (Å²) < 4.78 is 38.2. The Hall–Kier alpha value is -3.47. The molecule has 0 spiro atoms. The first-order valence-corrected chi connectivity index (χ1v) is 10.5. The van der Waals surface area contributed by atoms with Crippen LogP contribution in [-0.2, 0) is 19.3 Å². The number of aromatic nitrogens is 2. The highest BCUT2D eigenvalue weighted by Gasteiger charge is 2.32. The lowest BCUT2D eigenvalue weighted by Crippen LogP contribution is -2.32. The molecule has 32 heavy (non-hydrogen) atoms. The molecule has 4 rings (SSSR count). The normalized spacial score (nSPS) is 14.2. The van der Waals surface area contributed by atoms with Crippen molar-refractivity contribution in [2.24, 2.45) is 0 Å². The van der Waals surface area contributed by atoms with Crippen molar-refractivity contribution < 1.29 is 22.8 Å². The minimum absolute atomic E-state index is 0.182. The van der Waals surface area contributed by atoms with Gasteiger partial charge in [-0.15, -0.1) is 11.3 Å². The maximum atomic E-state index is 12.8. The summed E-state index contributed by atoms with van der Waals surface area (Å²) in [7, 11) is 0. The second-order valence-electron chi connectivity index (χ2n) is 7.06. The highest BCUT2D eigenvalue weighted by Crippen LogP contribution is 2.29. The summed E-state index contributed by atoms with van der Waals surface area (Å²) in [6.45, 7) is 1.23. The summed E-state index contributed by atoms with van der Waals surface area (Å²) in [6.07, 6.45) is -1.28. The average Bonchev–Trinajstić information content (AvgIpc) is 3.42. The number of hydrogen-bond donors (Lipinski definition) is 1. The first kappa shape index (κ1) is 21.8. The summed E-state index contributed by atoms with van der Waals surface area (Å²) in [6, 6.07) is 7.51. The number of hydrogen-bond acceptors (Lipinski definition) is 5. The summed E-state index contributed by atoms with van der Waals surface area (Å²) in [5.74, 6) is 0.0314. The molecule has 1 N–H and O–H groups in total. The Morgan fingerprint density at radius 2 is 1.88 bits per heavy atom. The number of nitrogens with one attached hydrogen (secondary N) is 1. The van der Waals surface area contributed by atoms with Gasteiger partial charge in [0.15, 0.2) is 0 Å². The molecule has 1 aliphatic rings. The number of benzene rings is 1. The van der Waals surface area contributed by atoms with Crippen LogP contribution in [0.2, 0.25) is 0 Å². The third kappa shape index (κ3) is 4.88. The van der Waals surface area contributed by atoms with Crippen LogP contribution in [0.15, 0.2) is 54.2 Å². The highest BCUT2D eigenvalue weighted by atomic mass is 32.1. The van der Waals surface area contributed by atoms with Gasteiger partial charge in [-0.05, 0) is 29.8 Å². The fraction of sp³-hybridized carbons (Fsp3) is 0.238. The lowest BCUT2D eigenvalue weighted by molar-refractivity contribution is -0.137. The number of rotatable bonds is 6. The van der Waals surface area contributed by atoms with Crippen LogP contribution in [0.5, 0.6) is 0 Å². The number of nitrogens with zero attached hydrogens (tertiary/aromatic N) is 4. The molecule has 1 saturated heterocycles. The van der Waals surface area contributed by atoms with Gasteiger partial charge in [-0.2, -0.15) is 13.2 Å². The molecule has 1 aromatic carbocycles. The van der Waals surface area contributed by atoms with Crippen molar-refractivity contribution in [1.29, 1.82) is 0 Å². The van der Waals surface area contributed by atoms with Crippen LogP contribution in [0, 0.1) is 0 Å². The molecule has 11 heteroatoms. The van der Waals surface area contributed by atoms with E-state index in [2.05, 4.69) is 15.3 Å². The molecule has 3 amide bonds. The van der Waals surface area contributed by atoms with Crippen LogP contribution in [0.3, 0.4) is 0 Å². The van der Waals surface area contributed by atoms with Crippen molar-refractivity contribution in [3.63, 3.8) is 0 Å². The van der Waals surface area contributed by atoms with Crippen LogP contribution in [0.25, 0.3) is 0 Å². The molecule has 0 aliphatic carbocycles. The lowest BCUT2D eigenvalue weighted by Gasteiger charge is -2.19. The highest BCUT2D eigenvalue weighted by molar-refractivity contribution is 7.09. The summed E-state index contributed by atoms with van der Waals surface area (Å²) in [5, 5.41) is 5.37. The third-order valence-corrected chi connectivity index (χ3v) is 5.70. The van der Waals surface area contributed by atoms with Crippen molar-refractivity contribution in [3.8, 4) is 0 Å². The van der Waals surface area contributed by atoms with Crippen molar-refractivity contribution in [1.82, 2.24) is 20.2 Å². The second kappa shape index (κ2) is 8.95. The van der Waals surface area contributed by atoms with E-state index in [4.69, 9.17) is 0 Å². The average molecular weight is 461 g/mol. The first-order valence-electron chi connectivity index (χ1n) is 9.66. The van der Waals surface area contributed by atoms with Gasteiger partial charge < -0.3 is 10.2 Å².